The second-order valence-electron chi connectivity index (χ2n) is 6.86. The Morgan fingerprint density at radius 1 is 1.12 bits per heavy atom. The van der Waals surface area contributed by atoms with Gasteiger partial charge in [-0.2, -0.15) is 0 Å². The van der Waals surface area contributed by atoms with Crippen LogP contribution in [0, 0.1) is 10.1 Å². The van der Waals surface area contributed by atoms with E-state index >= 15 is 0 Å². The number of hydrogen-bond donors (Lipinski definition) is 2. The van der Waals surface area contributed by atoms with E-state index in [1.165, 1.54) is 35.2 Å². The summed E-state index contributed by atoms with van der Waals surface area (Å²) >= 11 is 2.61. The lowest BCUT2D eigenvalue weighted by Crippen LogP contribution is -2.14. The molecule has 0 spiro atoms. The lowest BCUT2D eigenvalue weighted by Gasteiger charge is -2.07. The van der Waals surface area contributed by atoms with Crippen LogP contribution in [0.5, 0.6) is 0 Å². The average molecular weight is 471 g/mol. The van der Waals surface area contributed by atoms with Crippen molar-refractivity contribution in [3.63, 3.8) is 0 Å². The summed E-state index contributed by atoms with van der Waals surface area (Å²) in [7, 11) is 0. The van der Waals surface area contributed by atoms with Crippen LogP contribution >= 0.6 is 23.1 Å². The maximum absolute atomic E-state index is 12.3. The van der Waals surface area contributed by atoms with E-state index in [9.17, 15) is 19.7 Å². The van der Waals surface area contributed by atoms with Gasteiger partial charge in [0.05, 0.1) is 16.4 Å². The van der Waals surface area contributed by atoms with E-state index in [-0.39, 0.29) is 23.3 Å². The molecule has 0 aliphatic carbocycles. The van der Waals surface area contributed by atoms with E-state index in [1.807, 2.05) is 31.2 Å². The predicted molar refractivity (Wildman–Crippen MR) is 128 cm³/mol. The van der Waals surface area contributed by atoms with Crippen LogP contribution < -0.4 is 10.6 Å². The Kier molecular flexibility index (Phi) is 8.34. The predicted octanol–water partition coefficient (Wildman–Crippen LogP) is 5.58. The van der Waals surface area contributed by atoms with E-state index in [4.69, 9.17) is 0 Å². The molecule has 1 aromatic heterocycles. The van der Waals surface area contributed by atoms with Crippen molar-refractivity contribution in [3.05, 3.63) is 64.0 Å². The molecule has 0 bridgehead atoms. The molecule has 0 saturated heterocycles. The Morgan fingerprint density at radius 3 is 2.72 bits per heavy atom. The van der Waals surface area contributed by atoms with E-state index in [0.717, 1.165) is 17.7 Å². The van der Waals surface area contributed by atoms with Gasteiger partial charge in [0.25, 0.3) is 5.69 Å². The Morgan fingerprint density at radius 2 is 1.94 bits per heavy atom. The van der Waals surface area contributed by atoms with Crippen LogP contribution in [-0.4, -0.2) is 27.5 Å². The number of non-ortho nitro benzene ring substituents is 1. The maximum atomic E-state index is 12.3. The number of carbonyl (C=O) groups is 2. The summed E-state index contributed by atoms with van der Waals surface area (Å²) in [5.41, 5.74) is 1.87. The fourth-order valence-corrected chi connectivity index (χ4v) is 4.26. The van der Waals surface area contributed by atoms with E-state index in [1.54, 1.807) is 17.5 Å². The molecule has 10 heteroatoms. The SMILES string of the molecule is CCCCC(=O)Nc1cccc(SCC(=O)Nc2nc(-c3cccc([N+](=O)[O-])c3)cs2)c1. The van der Waals surface area contributed by atoms with Crippen LogP contribution in [-0.2, 0) is 9.59 Å². The number of carbonyl (C=O) groups excluding carboxylic acids is 2. The Bertz CT molecular complexity index is 1120. The molecule has 0 aliphatic rings. The Hall–Kier alpha value is -3.24. The number of anilines is 2. The van der Waals surface area contributed by atoms with Crippen LogP contribution in [0.4, 0.5) is 16.5 Å². The number of aromatic nitrogens is 1. The molecule has 2 N–H and O–H groups in total. The van der Waals surface area contributed by atoms with Gasteiger partial charge < -0.3 is 10.6 Å². The second kappa shape index (κ2) is 11.4. The molecule has 0 fully saturated rings. The molecule has 0 saturated carbocycles. The summed E-state index contributed by atoms with van der Waals surface area (Å²) in [6.07, 6.45) is 2.30. The van der Waals surface area contributed by atoms with Crippen LogP contribution in [0.2, 0.25) is 0 Å². The number of benzene rings is 2. The fraction of sp³-hybridized carbons (Fsp3) is 0.227. The maximum Gasteiger partial charge on any atom is 0.270 e. The fourth-order valence-electron chi connectivity index (χ4n) is 2.77. The quantitative estimate of drug-likeness (QED) is 0.227. The molecule has 2 amide bonds. The molecule has 8 nitrogen and oxygen atoms in total. The van der Waals surface area contributed by atoms with Gasteiger partial charge in [-0.15, -0.1) is 23.1 Å². The van der Waals surface area contributed by atoms with Crippen molar-refractivity contribution in [3.8, 4) is 11.3 Å². The number of rotatable bonds is 10. The molecule has 32 heavy (non-hydrogen) atoms. The Labute approximate surface area is 193 Å². The number of hydrogen-bond acceptors (Lipinski definition) is 7. The summed E-state index contributed by atoms with van der Waals surface area (Å²) in [4.78, 5) is 39.9. The molecular formula is C22H22N4O4S2. The number of nitrogens with zero attached hydrogens (tertiary/aromatic N) is 2. The van der Waals surface area contributed by atoms with Crippen molar-refractivity contribution >= 4 is 51.4 Å². The molecule has 3 rings (SSSR count). The third-order valence-electron chi connectivity index (χ3n) is 4.35. The first-order chi connectivity index (χ1) is 15.4. The zero-order valence-electron chi connectivity index (χ0n) is 17.4. The van der Waals surface area contributed by atoms with Crippen molar-refractivity contribution in [2.45, 2.75) is 31.1 Å². The summed E-state index contributed by atoms with van der Waals surface area (Å²) in [5.74, 6) is -0.0544. The third-order valence-corrected chi connectivity index (χ3v) is 6.10. The molecule has 2 aromatic carbocycles. The summed E-state index contributed by atoms with van der Waals surface area (Å²) < 4.78 is 0. The topological polar surface area (TPSA) is 114 Å². The van der Waals surface area contributed by atoms with Crippen molar-refractivity contribution in [2.75, 3.05) is 16.4 Å². The highest BCUT2D eigenvalue weighted by Crippen LogP contribution is 2.28. The molecule has 3 aromatic rings. The summed E-state index contributed by atoms with van der Waals surface area (Å²) in [6.45, 7) is 2.04. The first-order valence-electron chi connectivity index (χ1n) is 9.97. The highest BCUT2D eigenvalue weighted by atomic mass is 32.2. The monoisotopic (exact) mass is 470 g/mol. The van der Waals surface area contributed by atoms with E-state index in [0.29, 0.717) is 28.5 Å². The number of thioether (sulfide) groups is 1. The number of nitro benzene ring substituents is 1. The molecule has 0 radical (unpaired) electrons. The van der Waals surface area contributed by atoms with Crippen LogP contribution in [0.3, 0.4) is 0 Å². The van der Waals surface area contributed by atoms with Gasteiger partial charge in [-0.05, 0) is 24.6 Å². The minimum atomic E-state index is -0.457. The van der Waals surface area contributed by atoms with Crippen molar-refractivity contribution in [2.24, 2.45) is 0 Å². The van der Waals surface area contributed by atoms with Crippen LogP contribution in [0.25, 0.3) is 11.3 Å². The highest BCUT2D eigenvalue weighted by Gasteiger charge is 2.12. The van der Waals surface area contributed by atoms with Gasteiger partial charge in [0.1, 0.15) is 0 Å². The van der Waals surface area contributed by atoms with Crippen LogP contribution in [0.15, 0.2) is 58.8 Å². The molecular weight excluding hydrogens is 448 g/mol. The van der Waals surface area contributed by atoms with Crippen molar-refractivity contribution < 1.29 is 14.5 Å². The van der Waals surface area contributed by atoms with Gasteiger partial charge in [0.15, 0.2) is 5.13 Å². The van der Waals surface area contributed by atoms with Gasteiger partial charge in [0, 0.05) is 40.1 Å². The van der Waals surface area contributed by atoms with Crippen molar-refractivity contribution in [1.82, 2.24) is 4.98 Å². The van der Waals surface area contributed by atoms with Crippen LogP contribution in [0.1, 0.15) is 26.2 Å². The molecule has 0 atom stereocenters. The minimum absolute atomic E-state index is 0.0127. The number of nitro groups is 1. The molecule has 0 unspecified atom stereocenters. The lowest BCUT2D eigenvalue weighted by atomic mass is 10.1. The van der Waals surface area contributed by atoms with Gasteiger partial charge >= 0.3 is 0 Å². The van der Waals surface area contributed by atoms with Crippen molar-refractivity contribution in [1.29, 1.82) is 0 Å². The van der Waals surface area contributed by atoms with Gasteiger partial charge in [-0.1, -0.05) is 31.5 Å². The number of unbranched alkanes of at least 4 members (excludes halogenated alkanes) is 1. The van der Waals surface area contributed by atoms with Gasteiger partial charge in [-0.25, -0.2) is 4.98 Å². The van der Waals surface area contributed by atoms with Gasteiger partial charge in [-0.3, -0.25) is 19.7 Å². The normalized spacial score (nSPS) is 10.5. The Balaban J connectivity index is 1.54. The summed E-state index contributed by atoms with van der Waals surface area (Å²) in [6, 6.07) is 13.6. The highest BCUT2D eigenvalue weighted by molar-refractivity contribution is 8.00. The molecule has 1 heterocycles. The summed E-state index contributed by atoms with van der Waals surface area (Å²) in [5, 5.41) is 18.7. The first-order valence-corrected chi connectivity index (χ1v) is 11.8. The number of nitrogens with one attached hydrogen (secondary N) is 2. The van der Waals surface area contributed by atoms with E-state index in [2.05, 4.69) is 15.6 Å². The third kappa shape index (κ3) is 6.89. The number of thiazole rings is 1. The first kappa shape index (κ1) is 23.4. The standard InChI is InChI=1S/C22H22N4O4S2/c1-2-3-10-20(27)23-16-7-5-9-18(12-16)31-14-21(28)25-22-24-19(13-32-22)15-6-4-8-17(11-15)26(29)30/h4-9,11-13H,2-3,10,14H2,1H3,(H,23,27)(H,24,25,28). The largest absolute Gasteiger partial charge is 0.326 e. The average Bonchev–Trinajstić information content (AvgIpc) is 3.25. The zero-order valence-corrected chi connectivity index (χ0v) is 19.0. The van der Waals surface area contributed by atoms with Gasteiger partial charge in [0.2, 0.25) is 11.8 Å². The molecule has 0 aliphatic heterocycles. The smallest absolute Gasteiger partial charge is 0.270 e. The van der Waals surface area contributed by atoms with E-state index < -0.39 is 4.92 Å². The lowest BCUT2D eigenvalue weighted by molar-refractivity contribution is -0.384. The molecule has 166 valence electrons. The minimum Gasteiger partial charge on any atom is -0.326 e. The zero-order chi connectivity index (χ0) is 22.9. The second-order valence-corrected chi connectivity index (χ2v) is 8.77. The number of amides is 2.